The summed E-state index contributed by atoms with van der Waals surface area (Å²) in [5, 5.41) is 5.83. The van der Waals surface area contributed by atoms with Gasteiger partial charge >= 0.3 is 0 Å². The monoisotopic (exact) mass is 297 g/mol. The van der Waals surface area contributed by atoms with E-state index < -0.39 is 0 Å². The smallest absolute Gasteiger partial charge is 0.0934 e. The fraction of sp³-hybridized carbons (Fsp3) is 0.429. The highest BCUT2D eigenvalue weighted by atomic mass is 35.5. The van der Waals surface area contributed by atoms with Crippen molar-refractivity contribution in [1.29, 1.82) is 0 Å². The zero-order chi connectivity index (χ0) is 12.4. The van der Waals surface area contributed by atoms with E-state index in [0.29, 0.717) is 6.04 Å². The lowest BCUT2D eigenvalue weighted by molar-refractivity contribution is 0.467. The van der Waals surface area contributed by atoms with Crippen LogP contribution in [0.25, 0.3) is 0 Å². The third-order valence-electron chi connectivity index (χ3n) is 3.43. The molecule has 18 heavy (non-hydrogen) atoms. The van der Waals surface area contributed by atoms with E-state index in [2.05, 4.69) is 28.9 Å². The third kappa shape index (κ3) is 2.80. The summed E-state index contributed by atoms with van der Waals surface area (Å²) in [4.78, 5) is 2.95. The van der Waals surface area contributed by atoms with E-state index in [-0.39, 0.29) is 0 Å². The number of thiophene rings is 2. The van der Waals surface area contributed by atoms with Gasteiger partial charge in [-0.3, -0.25) is 0 Å². The van der Waals surface area contributed by atoms with Crippen LogP contribution in [0, 0.1) is 0 Å². The molecule has 1 aliphatic carbocycles. The van der Waals surface area contributed by atoms with Crippen LogP contribution in [0.5, 0.6) is 0 Å². The first-order valence-corrected chi connectivity index (χ1v) is 8.44. The molecule has 1 unspecified atom stereocenters. The van der Waals surface area contributed by atoms with Crippen molar-refractivity contribution >= 4 is 34.3 Å². The van der Waals surface area contributed by atoms with Crippen molar-refractivity contribution in [2.75, 3.05) is 6.54 Å². The standard InChI is InChI=1S/C14H16ClNS2/c15-14-9-11-12(4-1-5-13(11)18-14)16-7-6-10-3-2-8-17-10/h2-3,8-9,12,16H,1,4-7H2. The molecular formula is C14H16ClNS2. The van der Waals surface area contributed by atoms with E-state index in [4.69, 9.17) is 11.6 Å². The Kier molecular flexibility index (Phi) is 4.04. The maximum absolute atomic E-state index is 6.12. The Morgan fingerprint density at radius 2 is 2.39 bits per heavy atom. The second-order valence-electron chi connectivity index (χ2n) is 4.66. The summed E-state index contributed by atoms with van der Waals surface area (Å²) in [6, 6.07) is 7.00. The van der Waals surface area contributed by atoms with Gasteiger partial charge in [0, 0.05) is 22.3 Å². The Morgan fingerprint density at radius 1 is 1.44 bits per heavy atom. The second kappa shape index (κ2) is 5.74. The van der Waals surface area contributed by atoms with Gasteiger partial charge in [0.1, 0.15) is 0 Å². The van der Waals surface area contributed by atoms with E-state index in [1.807, 2.05) is 11.3 Å². The molecule has 2 aromatic heterocycles. The van der Waals surface area contributed by atoms with Crippen LogP contribution in [0.1, 0.15) is 34.2 Å². The molecule has 1 nitrogen and oxygen atoms in total. The number of nitrogens with one attached hydrogen (secondary N) is 1. The van der Waals surface area contributed by atoms with Crippen molar-refractivity contribution in [1.82, 2.24) is 5.32 Å². The molecule has 0 saturated carbocycles. The molecule has 0 aliphatic heterocycles. The van der Waals surface area contributed by atoms with Crippen molar-refractivity contribution in [2.45, 2.75) is 31.7 Å². The van der Waals surface area contributed by atoms with Gasteiger partial charge in [-0.15, -0.1) is 22.7 Å². The molecule has 0 spiro atoms. The van der Waals surface area contributed by atoms with Crippen LogP contribution in [0.3, 0.4) is 0 Å². The summed E-state index contributed by atoms with van der Waals surface area (Å²) in [7, 11) is 0. The van der Waals surface area contributed by atoms with Crippen LogP contribution in [0.4, 0.5) is 0 Å². The highest BCUT2D eigenvalue weighted by molar-refractivity contribution is 7.16. The summed E-state index contributed by atoms with van der Waals surface area (Å²) in [6.45, 7) is 1.05. The Hall–Kier alpha value is -0.350. The van der Waals surface area contributed by atoms with E-state index in [1.165, 1.54) is 34.6 Å². The first-order valence-electron chi connectivity index (χ1n) is 6.37. The number of fused-ring (bicyclic) bond motifs is 1. The molecule has 0 saturated heterocycles. The minimum absolute atomic E-state index is 0.512. The Balaban J connectivity index is 1.60. The van der Waals surface area contributed by atoms with Crippen molar-refractivity contribution in [3.63, 3.8) is 0 Å². The molecule has 0 bridgehead atoms. The first-order chi connectivity index (χ1) is 8.83. The fourth-order valence-corrected chi connectivity index (χ4v) is 4.65. The summed E-state index contributed by atoms with van der Waals surface area (Å²) in [6.07, 6.45) is 4.85. The molecule has 0 amide bonds. The summed E-state index contributed by atoms with van der Waals surface area (Å²) in [5.74, 6) is 0. The number of hydrogen-bond acceptors (Lipinski definition) is 3. The Labute approximate surface area is 121 Å². The molecule has 0 radical (unpaired) electrons. The molecular weight excluding hydrogens is 282 g/mol. The van der Waals surface area contributed by atoms with Crippen molar-refractivity contribution in [3.05, 3.63) is 43.2 Å². The lowest BCUT2D eigenvalue weighted by Gasteiger charge is -2.23. The molecule has 4 heteroatoms. The zero-order valence-electron chi connectivity index (χ0n) is 10.1. The molecule has 0 fully saturated rings. The van der Waals surface area contributed by atoms with Gasteiger partial charge in [-0.25, -0.2) is 0 Å². The molecule has 1 atom stereocenters. The summed E-state index contributed by atoms with van der Waals surface area (Å²) >= 11 is 9.72. The van der Waals surface area contributed by atoms with Crippen LogP contribution < -0.4 is 5.32 Å². The maximum atomic E-state index is 6.12. The normalized spacial score (nSPS) is 18.8. The first kappa shape index (κ1) is 12.7. The van der Waals surface area contributed by atoms with Crippen LogP contribution in [-0.2, 0) is 12.8 Å². The van der Waals surface area contributed by atoms with Gasteiger partial charge in [-0.1, -0.05) is 17.7 Å². The van der Waals surface area contributed by atoms with Crippen molar-refractivity contribution in [2.24, 2.45) is 0 Å². The van der Waals surface area contributed by atoms with Crippen molar-refractivity contribution in [3.8, 4) is 0 Å². The summed E-state index contributed by atoms with van der Waals surface area (Å²) < 4.78 is 0.937. The largest absolute Gasteiger partial charge is 0.310 e. The highest BCUT2D eigenvalue weighted by Crippen LogP contribution is 2.37. The SMILES string of the molecule is Clc1cc2c(s1)CCCC2NCCc1cccs1. The minimum atomic E-state index is 0.512. The predicted molar refractivity (Wildman–Crippen MR) is 81.0 cm³/mol. The number of rotatable bonds is 4. The minimum Gasteiger partial charge on any atom is -0.310 e. The molecule has 0 aromatic carbocycles. The maximum Gasteiger partial charge on any atom is 0.0934 e. The average Bonchev–Trinajstić information content (AvgIpc) is 2.97. The lowest BCUT2D eigenvalue weighted by Crippen LogP contribution is -2.26. The topological polar surface area (TPSA) is 12.0 Å². The second-order valence-corrected chi connectivity index (χ2v) is 7.46. The van der Waals surface area contributed by atoms with Crippen LogP contribution in [0.15, 0.2) is 23.6 Å². The van der Waals surface area contributed by atoms with Gasteiger partial charge in [0.2, 0.25) is 0 Å². The Morgan fingerprint density at radius 3 is 3.22 bits per heavy atom. The van der Waals surface area contributed by atoms with Crippen LogP contribution in [-0.4, -0.2) is 6.54 Å². The van der Waals surface area contributed by atoms with Gasteiger partial charge in [-0.2, -0.15) is 0 Å². The van der Waals surface area contributed by atoms with Gasteiger partial charge in [0.05, 0.1) is 4.34 Å². The average molecular weight is 298 g/mol. The fourth-order valence-electron chi connectivity index (χ4n) is 2.56. The van der Waals surface area contributed by atoms with Gasteiger partial charge in [0.25, 0.3) is 0 Å². The lowest BCUT2D eigenvalue weighted by atomic mass is 9.94. The molecule has 3 rings (SSSR count). The predicted octanol–water partition coefficient (Wildman–Crippen LogP) is 4.67. The quantitative estimate of drug-likeness (QED) is 0.864. The molecule has 1 N–H and O–H groups in total. The van der Waals surface area contributed by atoms with Crippen molar-refractivity contribution < 1.29 is 0 Å². The summed E-state index contributed by atoms with van der Waals surface area (Å²) in [5.41, 5.74) is 1.45. The van der Waals surface area contributed by atoms with E-state index in [0.717, 1.165) is 17.3 Å². The van der Waals surface area contributed by atoms with E-state index >= 15 is 0 Å². The molecule has 2 aromatic rings. The van der Waals surface area contributed by atoms with Gasteiger partial charge in [0.15, 0.2) is 0 Å². The van der Waals surface area contributed by atoms with E-state index in [9.17, 15) is 0 Å². The highest BCUT2D eigenvalue weighted by Gasteiger charge is 2.21. The third-order valence-corrected chi connectivity index (χ3v) is 5.70. The molecule has 96 valence electrons. The number of aryl methyl sites for hydroxylation is 1. The molecule has 2 heterocycles. The number of hydrogen-bond donors (Lipinski definition) is 1. The number of halogens is 1. The van der Waals surface area contributed by atoms with Gasteiger partial charge < -0.3 is 5.32 Å². The van der Waals surface area contributed by atoms with Crippen LogP contribution >= 0.6 is 34.3 Å². The van der Waals surface area contributed by atoms with E-state index in [1.54, 1.807) is 11.3 Å². The molecule has 1 aliphatic rings. The van der Waals surface area contributed by atoms with Gasteiger partial charge in [-0.05, 0) is 48.8 Å². The zero-order valence-corrected chi connectivity index (χ0v) is 12.5. The Bertz CT molecular complexity index is 504. The van der Waals surface area contributed by atoms with Crippen LogP contribution in [0.2, 0.25) is 4.34 Å².